The van der Waals surface area contributed by atoms with Gasteiger partial charge in [0.2, 0.25) is 0 Å². The summed E-state index contributed by atoms with van der Waals surface area (Å²) in [5.41, 5.74) is 0.704. The summed E-state index contributed by atoms with van der Waals surface area (Å²) in [4.78, 5) is 14.1. The summed E-state index contributed by atoms with van der Waals surface area (Å²) in [5, 5.41) is 2.94. The molecular weight excluding hydrogens is 357 g/mol. The standard InChI is InChI=1S/C13H19N3O2.HI/c1-15-5-2-12(3-6-15)13(17)14-4-7-16-8-10-18-11-9-16;/h2-3,5-6H,4,7-11H2,1H3;1H. The minimum absolute atomic E-state index is 0. The number of aromatic nitrogens is 1. The molecule has 0 aromatic carbocycles. The van der Waals surface area contributed by atoms with E-state index in [0.29, 0.717) is 12.1 Å². The van der Waals surface area contributed by atoms with Gasteiger partial charge in [-0.15, -0.1) is 0 Å². The molecule has 5 nitrogen and oxygen atoms in total. The molecule has 1 aromatic rings. The van der Waals surface area contributed by atoms with Gasteiger partial charge in [-0.25, -0.2) is 4.57 Å². The third-order valence-corrected chi connectivity index (χ3v) is 3.06. The van der Waals surface area contributed by atoms with Crippen LogP contribution in [-0.2, 0) is 11.8 Å². The third-order valence-electron chi connectivity index (χ3n) is 3.06. The van der Waals surface area contributed by atoms with E-state index < -0.39 is 0 Å². The number of amides is 1. The van der Waals surface area contributed by atoms with Crippen molar-refractivity contribution in [1.82, 2.24) is 10.2 Å². The molecule has 1 aromatic heterocycles. The molecule has 1 fully saturated rings. The van der Waals surface area contributed by atoms with E-state index in [4.69, 9.17) is 4.74 Å². The van der Waals surface area contributed by atoms with Gasteiger partial charge in [0.05, 0.1) is 18.8 Å². The molecule has 1 aliphatic heterocycles. The van der Waals surface area contributed by atoms with Crippen molar-refractivity contribution in [2.75, 3.05) is 39.4 Å². The van der Waals surface area contributed by atoms with Crippen molar-refractivity contribution < 1.29 is 38.1 Å². The van der Waals surface area contributed by atoms with E-state index in [1.165, 1.54) is 0 Å². The summed E-state index contributed by atoms with van der Waals surface area (Å²) in [6.07, 6.45) is 3.74. The molecule has 106 valence electrons. The first kappa shape index (κ1) is 16.3. The zero-order valence-corrected chi connectivity index (χ0v) is 13.3. The molecule has 0 bridgehead atoms. The van der Waals surface area contributed by atoms with Crippen LogP contribution in [0, 0.1) is 0 Å². The number of hydrogen-bond acceptors (Lipinski definition) is 3. The Labute approximate surface area is 131 Å². The van der Waals surface area contributed by atoms with Crippen LogP contribution < -0.4 is 33.9 Å². The average Bonchev–Trinajstić information content (AvgIpc) is 2.40. The molecule has 1 saturated heterocycles. The van der Waals surface area contributed by atoms with Gasteiger partial charge < -0.3 is 34.0 Å². The third kappa shape index (κ3) is 5.42. The molecule has 0 saturated carbocycles. The zero-order chi connectivity index (χ0) is 12.8. The van der Waals surface area contributed by atoms with E-state index in [-0.39, 0.29) is 29.9 Å². The summed E-state index contributed by atoms with van der Waals surface area (Å²) in [5.74, 6) is -0.0103. The number of hydrogen-bond donors (Lipinski definition) is 1. The van der Waals surface area contributed by atoms with Crippen LogP contribution in [0.1, 0.15) is 10.4 Å². The number of ether oxygens (including phenoxy) is 1. The molecule has 0 atom stereocenters. The number of nitrogens with zero attached hydrogens (tertiary/aromatic N) is 2. The largest absolute Gasteiger partial charge is 1.00 e. The maximum atomic E-state index is 11.8. The first-order chi connectivity index (χ1) is 8.75. The fourth-order valence-corrected chi connectivity index (χ4v) is 1.91. The van der Waals surface area contributed by atoms with Crippen LogP contribution in [0.3, 0.4) is 0 Å². The predicted molar refractivity (Wildman–Crippen MR) is 67.2 cm³/mol. The lowest BCUT2D eigenvalue weighted by atomic mass is 10.2. The molecule has 19 heavy (non-hydrogen) atoms. The summed E-state index contributed by atoms with van der Waals surface area (Å²) < 4.78 is 7.18. The lowest BCUT2D eigenvalue weighted by Crippen LogP contribution is -3.00. The molecule has 0 aliphatic carbocycles. The summed E-state index contributed by atoms with van der Waals surface area (Å²) in [6.45, 7) is 5.07. The Morgan fingerprint density at radius 2 is 2.00 bits per heavy atom. The van der Waals surface area contributed by atoms with Crippen LogP contribution >= 0.6 is 0 Å². The number of aryl methyl sites for hydroxylation is 1. The highest BCUT2D eigenvalue weighted by atomic mass is 127. The van der Waals surface area contributed by atoms with Gasteiger partial charge in [0, 0.05) is 38.3 Å². The Hall–Kier alpha value is -0.730. The second kappa shape index (κ2) is 8.44. The number of morpholine rings is 1. The second-order valence-corrected chi connectivity index (χ2v) is 4.46. The topological polar surface area (TPSA) is 45.5 Å². The van der Waals surface area contributed by atoms with Crippen molar-refractivity contribution in [3.63, 3.8) is 0 Å². The van der Waals surface area contributed by atoms with Crippen LogP contribution in [0.25, 0.3) is 0 Å². The predicted octanol–water partition coefficient (Wildman–Crippen LogP) is -3.42. The molecule has 0 unspecified atom stereocenters. The molecule has 2 rings (SSSR count). The molecule has 1 N–H and O–H groups in total. The maximum Gasteiger partial charge on any atom is 0.251 e. The molecular formula is C13H20IN3O2. The van der Waals surface area contributed by atoms with Gasteiger partial charge in [0.15, 0.2) is 12.4 Å². The Morgan fingerprint density at radius 1 is 1.37 bits per heavy atom. The Balaban J connectivity index is 0.00000180. The lowest BCUT2D eigenvalue weighted by Gasteiger charge is -2.26. The summed E-state index contributed by atoms with van der Waals surface area (Å²) in [7, 11) is 1.93. The molecule has 6 heteroatoms. The van der Waals surface area contributed by atoms with Crippen molar-refractivity contribution in [1.29, 1.82) is 0 Å². The minimum atomic E-state index is -0.0103. The van der Waals surface area contributed by atoms with E-state index in [0.717, 1.165) is 32.8 Å². The Morgan fingerprint density at radius 3 is 2.63 bits per heavy atom. The molecule has 1 aliphatic rings. The fraction of sp³-hybridized carbons (Fsp3) is 0.538. The van der Waals surface area contributed by atoms with Gasteiger partial charge in [-0.05, 0) is 0 Å². The van der Waals surface area contributed by atoms with Crippen LogP contribution in [0.15, 0.2) is 24.5 Å². The van der Waals surface area contributed by atoms with Gasteiger partial charge in [-0.1, -0.05) is 0 Å². The SMILES string of the molecule is C[n+]1ccc(C(=O)NCCN2CCOCC2)cc1.[I-]. The number of carbonyl (C=O) groups excluding carboxylic acids is 1. The Bertz CT molecular complexity index is 391. The number of halogens is 1. The van der Waals surface area contributed by atoms with Crippen molar-refractivity contribution >= 4 is 5.91 Å². The Kier molecular flexibility index (Phi) is 7.25. The van der Waals surface area contributed by atoms with E-state index >= 15 is 0 Å². The molecule has 1 amide bonds. The summed E-state index contributed by atoms with van der Waals surface area (Å²) in [6, 6.07) is 3.65. The van der Waals surface area contributed by atoms with Crippen LogP contribution in [0.5, 0.6) is 0 Å². The van der Waals surface area contributed by atoms with Crippen molar-refractivity contribution in [2.45, 2.75) is 0 Å². The van der Waals surface area contributed by atoms with Gasteiger partial charge in [-0.2, -0.15) is 0 Å². The van der Waals surface area contributed by atoms with Crippen LogP contribution in [0.4, 0.5) is 0 Å². The second-order valence-electron chi connectivity index (χ2n) is 4.46. The number of rotatable bonds is 4. The molecule has 2 heterocycles. The highest BCUT2D eigenvalue weighted by Gasteiger charge is 2.11. The molecule has 0 spiro atoms. The monoisotopic (exact) mass is 377 g/mol. The zero-order valence-electron chi connectivity index (χ0n) is 11.1. The molecule has 0 radical (unpaired) electrons. The summed E-state index contributed by atoms with van der Waals surface area (Å²) >= 11 is 0. The maximum absolute atomic E-state index is 11.8. The lowest BCUT2D eigenvalue weighted by molar-refractivity contribution is -0.671. The van der Waals surface area contributed by atoms with Gasteiger partial charge in [0.25, 0.3) is 5.91 Å². The van der Waals surface area contributed by atoms with Crippen molar-refractivity contribution in [3.8, 4) is 0 Å². The van der Waals surface area contributed by atoms with Crippen molar-refractivity contribution in [2.24, 2.45) is 7.05 Å². The highest BCUT2D eigenvalue weighted by molar-refractivity contribution is 5.93. The van der Waals surface area contributed by atoms with Crippen molar-refractivity contribution in [3.05, 3.63) is 30.1 Å². The number of nitrogens with one attached hydrogen (secondary N) is 1. The number of pyridine rings is 1. The quantitative estimate of drug-likeness (QED) is 0.439. The first-order valence-corrected chi connectivity index (χ1v) is 6.29. The van der Waals surface area contributed by atoms with Gasteiger partial charge >= 0.3 is 0 Å². The highest BCUT2D eigenvalue weighted by Crippen LogP contribution is 1.96. The smallest absolute Gasteiger partial charge is 0.251 e. The number of carbonyl (C=O) groups is 1. The minimum Gasteiger partial charge on any atom is -1.00 e. The fourth-order valence-electron chi connectivity index (χ4n) is 1.91. The van der Waals surface area contributed by atoms with E-state index in [1.54, 1.807) is 0 Å². The van der Waals surface area contributed by atoms with Crippen LogP contribution in [-0.4, -0.2) is 50.2 Å². The average molecular weight is 377 g/mol. The normalized spacial score (nSPS) is 15.6. The van der Waals surface area contributed by atoms with E-state index in [9.17, 15) is 4.79 Å². The first-order valence-electron chi connectivity index (χ1n) is 6.29. The van der Waals surface area contributed by atoms with Crippen LogP contribution in [0.2, 0.25) is 0 Å². The van der Waals surface area contributed by atoms with Gasteiger partial charge in [-0.3, -0.25) is 9.69 Å². The van der Waals surface area contributed by atoms with E-state index in [1.807, 2.05) is 36.1 Å². The van der Waals surface area contributed by atoms with Gasteiger partial charge in [0.1, 0.15) is 7.05 Å². The van der Waals surface area contributed by atoms with E-state index in [2.05, 4.69) is 10.2 Å².